The first-order valence-electron chi connectivity index (χ1n) is 5.98. The van der Waals surface area contributed by atoms with Crippen LogP contribution >= 0.6 is 11.6 Å². The van der Waals surface area contributed by atoms with E-state index in [-0.39, 0.29) is 6.10 Å². The molecule has 0 aliphatic carbocycles. The number of ether oxygens (including phenoxy) is 1. The monoisotopic (exact) mass is 237 g/mol. The maximum atomic E-state index is 6.07. The molecule has 2 aliphatic rings. The lowest BCUT2D eigenvalue weighted by Gasteiger charge is -2.30. The van der Waals surface area contributed by atoms with E-state index in [1.54, 1.807) is 0 Å². The van der Waals surface area contributed by atoms with Crippen molar-refractivity contribution in [3.8, 4) is 0 Å². The number of halogens is 1. The lowest BCUT2D eigenvalue weighted by molar-refractivity contribution is 0.0199. The van der Waals surface area contributed by atoms with Crippen molar-refractivity contribution < 1.29 is 4.74 Å². The Kier molecular flexibility index (Phi) is 2.88. The highest BCUT2D eigenvalue weighted by molar-refractivity contribution is 6.30. The van der Waals surface area contributed by atoms with Gasteiger partial charge in [-0.25, -0.2) is 0 Å². The van der Waals surface area contributed by atoms with Crippen molar-refractivity contribution in [3.05, 3.63) is 34.3 Å². The van der Waals surface area contributed by atoms with Gasteiger partial charge in [0.05, 0.1) is 12.7 Å². The van der Waals surface area contributed by atoms with Crippen LogP contribution in [0.25, 0.3) is 0 Å². The summed E-state index contributed by atoms with van der Waals surface area (Å²) in [5.41, 5.74) is 2.69. The van der Waals surface area contributed by atoms with Gasteiger partial charge < -0.3 is 10.1 Å². The first-order valence-corrected chi connectivity index (χ1v) is 6.36. The summed E-state index contributed by atoms with van der Waals surface area (Å²) < 4.78 is 5.92. The van der Waals surface area contributed by atoms with Crippen LogP contribution < -0.4 is 5.32 Å². The van der Waals surface area contributed by atoms with Crippen LogP contribution in [0.2, 0.25) is 5.02 Å². The average Bonchev–Trinajstić information content (AvgIpc) is 2.81. The summed E-state index contributed by atoms with van der Waals surface area (Å²) in [5, 5.41) is 4.33. The normalized spacial score (nSPS) is 29.1. The van der Waals surface area contributed by atoms with Crippen molar-refractivity contribution in [2.24, 2.45) is 0 Å². The van der Waals surface area contributed by atoms with E-state index < -0.39 is 0 Å². The number of benzene rings is 1. The van der Waals surface area contributed by atoms with Gasteiger partial charge in [0.1, 0.15) is 0 Å². The lowest BCUT2D eigenvalue weighted by atomic mass is 9.92. The van der Waals surface area contributed by atoms with E-state index >= 15 is 0 Å². The Labute approximate surface area is 101 Å². The van der Waals surface area contributed by atoms with E-state index in [4.69, 9.17) is 16.3 Å². The molecule has 16 heavy (non-hydrogen) atoms. The Morgan fingerprint density at radius 2 is 2.31 bits per heavy atom. The smallest absolute Gasteiger partial charge is 0.0981 e. The van der Waals surface area contributed by atoms with Crippen LogP contribution in [-0.2, 0) is 11.2 Å². The number of rotatable bonds is 1. The third kappa shape index (κ3) is 1.86. The Bertz CT molecular complexity index is 388. The van der Waals surface area contributed by atoms with E-state index in [0.717, 1.165) is 24.6 Å². The van der Waals surface area contributed by atoms with Gasteiger partial charge in [-0.2, -0.15) is 0 Å². The summed E-state index contributed by atoms with van der Waals surface area (Å²) >= 11 is 6.07. The fourth-order valence-corrected chi connectivity index (χ4v) is 2.93. The molecule has 1 saturated heterocycles. The Hall–Kier alpha value is -0.570. The van der Waals surface area contributed by atoms with Crippen LogP contribution in [0, 0.1) is 0 Å². The summed E-state index contributed by atoms with van der Waals surface area (Å²) in [6, 6.07) is 6.66. The molecule has 86 valence electrons. The minimum Gasteiger partial charge on any atom is -0.372 e. The Morgan fingerprint density at radius 1 is 1.38 bits per heavy atom. The van der Waals surface area contributed by atoms with E-state index in [9.17, 15) is 0 Å². The third-order valence-electron chi connectivity index (χ3n) is 3.55. The first kappa shape index (κ1) is 10.6. The van der Waals surface area contributed by atoms with Crippen LogP contribution in [0.1, 0.15) is 30.1 Å². The summed E-state index contributed by atoms with van der Waals surface area (Å²) in [6.45, 7) is 1.94. The first-order chi connectivity index (χ1) is 7.84. The molecule has 2 heterocycles. The number of fused-ring (bicyclic) bond motifs is 1. The highest BCUT2D eigenvalue weighted by Crippen LogP contribution is 2.34. The van der Waals surface area contributed by atoms with Crippen molar-refractivity contribution in [2.45, 2.75) is 31.4 Å². The van der Waals surface area contributed by atoms with Crippen molar-refractivity contribution in [3.63, 3.8) is 0 Å². The highest BCUT2D eigenvalue weighted by atomic mass is 35.5. The third-order valence-corrected chi connectivity index (χ3v) is 3.78. The molecule has 0 aromatic heterocycles. The Morgan fingerprint density at radius 3 is 3.12 bits per heavy atom. The van der Waals surface area contributed by atoms with Crippen LogP contribution in [0.4, 0.5) is 0 Å². The molecular weight excluding hydrogens is 222 g/mol. The van der Waals surface area contributed by atoms with Gasteiger partial charge in [0.15, 0.2) is 0 Å². The van der Waals surface area contributed by atoms with Crippen molar-refractivity contribution in [2.75, 3.05) is 13.2 Å². The topological polar surface area (TPSA) is 21.3 Å². The van der Waals surface area contributed by atoms with Crippen LogP contribution in [0.3, 0.4) is 0 Å². The molecule has 0 spiro atoms. The summed E-state index contributed by atoms with van der Waals surface area (Å²) in [5.74, 6) is 0. The standard InChI is InChI=1S/C13H16ClNO/c14-10-4-3-9-5-7-16-13(11(9)8-10)12-2-1-6-15-12/h3-4,8,12-13,15H,1-2,5-7H2/t12-,13+/m0/s1. The predicted octanol–water partition coefficient (Wildman–Crippen LogP) is 2.71. The molecule has 3 heteroatoms. The second-order valence-corrected chi connectivity index (χ2v) is 5.02. The zero-order valence-corrected chi connectivity index (χ0v) is 9.96. The van der Waals surface area contributed by atoms with Crippen molar-refractivity contribution in [1.29, 1.82) is 0 Å². The van der Waals surface area contributed by atoms with Gasteiger partial charge in [0, 0.05) is 11.1 Å². The average molecular weight is 238 g/mol. The minimum absolute atomic E-state index is 0.199. The van der Waals surface area contributed by atoms with Gasteiger partial charge in [-0.1, -0.05) is 17.7 Å². The maximum absolute atomic E-state index is 6.07. The fraction of sp³-hybridized carbons (Fsp3) is 0.538. The van der Waals surface area contributed by atoms with Gasteiger partial charge >= 0.3 is 0 Å². The highest BCUT2D eigenvalue weighted by Gasteiger charge is 2.30. The predicted molar refractivity (Wildman–Crippen MR) is 64.9 cm³/mol. The molecule has 0 unspecified atom stereocenters. The molecule has 0 amide bonds. The molecule has 1 fully saturated rings. The van der Waals surface area contributed by atoms with Gasteiger partial charge in [-0.15, -0.1) is 0 Å². The zero-order chi connectivity index (χ0) is 11.0. The zero-order valence-electron chi connectivity index (χ0n) is 9.21. The molecule has 2 atom stereocenters. The molecule has 0 radical (unpaired) electrons. The second-order valence-electron chi connectivity index (χ2n) is 4.59. The van der Waals surface area contributed by atoms with Crippen molar-refractivity contribution in [1.82, 2.24) is 5.32 Å². The van der Waals surface area contributed by atoms with E-state index in [0.29, 0.717) is 6.04 Å². The number of hydrogen-bond acceptors (Lipinski definition) is 2. The van der Waals surface area contributed by atoms with Gasteiger partial charge in [-0.3, -0.25) is 0 Å². The van der Waals surface area contributed by atoms with E-state index in [2.05, 4.69) is 17.4 Å². The molecule has 2 nitrogen and oxygen atoms in total. The van der Waals surface area contributed by atoms with E-state index in [1.165, 1.54) is 24.0 Å². The van der Waals surface area contributed by atoms with Crippen LogP contribution in [0.15, 0.2) is 18.2 Å². The molecule has 0 bridgehead atoms. The molecular formula is C13H16ClNO. The molecule has 2 aliphatic heterocycles. The largest absolute Gasteiger partial charge is 0.372 e. The van der Waals surface area contributed by atoms with Gasteiger partial charge in [0.2, 0.25) is 0 Å². The van der Waals surface area contributed by atoms with Crippen molar-refractivity contribution >= 4 is 11.6 Å². The molecule has 1 aromatic carbocycles. The second kappa shape index (κ2) is 4.36. The fourth-order valence-electron chi connectivity index (χ4n) is 2.75. The van der Waals surface area contributed by atoms with Gasteiger partial charge in [0.25, 0.3) is 0 Å². The summed E-state index contributed by atoms with van der Waals surface area (Å²) in [7, 11) is 0. The SMILES string of the molecule is Clc1ccc2c(c1)[C@H]([C@@H]1CCCN1)OCC2. The number of nitrogens with one attached hydrogen (secondary N) is 1. The molecule has 0 saturated carbocycles. The van der Waals surface area contributed by atoms with Gasteiger partial charge in [-0.05, 0) is 49.1 Å². The minimum atomic E-state index is 0.199. The number of hydrogen-bond donors (Lipinski definition) is 1. The summed E-state index contributed by atoms with van der Waals surface area (Å²) in [4.78, 5) is 0. The molecule has 1 N–H and O–H groups in total. The van der Waals surface area contributed by atoms with E-state index in [1.807, 2.05) is 6.07 Å². The molecule has 1 aromatic rings. The summed E-state index contributed by atoms with van der Waals surface area (Å²) in [6.07, 6.45) is 3.66. The maximum Gasteiger partial charge on any atom is 0.0981 e. The van der Waals surface area contributed by atoms with Crippen LogP contribution in [0.5, 0.6) is 0 Å². The quantitative estimate of drug-likeness (QED) is 0.811. The lowest BCUT2D eigenvalue weighted by Crippen LogP contribution is -2.33. The Balaban J connectivity index is 1.94. The molecule has 3 rings (SSSR count). The van der Waals surface area contributed by atoms with Crippen LogP contribution in [-0.4, -0.2) is 19.2 Å².